The predicted molar refractivity (Wildman–Crippen MR) is 55.5 cm³/mol. The molecule has 3 heteroatoms. The second-order valence-electron chi connectivity index (χ2n) is 4.83. The standard InChI is InChI=1S/C11H23O2.Y/c1-10(8-12)9-13-7-5-6-11(2,3)4;/h12H,5-9H2,1-4H3;/q-1;. The molecule has 2 nitrogen and oxygen atoms in total. The van der Waals surface area contributed by atoms with Gasteiger partial charge in [-0.2, -0.15) is 6.92 Å². The van der Waals surface area contributed by atoms with Crippen LogP contribution in [0.25, 0.3) is 0 Å². The summed E-state index contributed by atoms with van der Waals surface area (Å²) in [4.78, 5) is 0. The van der Waals surface area contributed by atoms with Gasteiger partial charge in [-0.25, -0.2) is 0 Å². The first-order valence-electron chi connectivity index (χ1n) is 4.95. The van der Waals surface area contributed by atoms with Gasteiger partial charge in [0.2, 0.25) is 0 Å². The fourth-order valence-corrected chi connectivity index (χ4v) is 0.997. The quantitative estimate of drug-likeness (QED) is 0.596. The van der Waals surface area contributed by atoms with Crippen molar-refractivity contribution < 1.29 is 42.6 Å². The van der Waals surface area contributed by atoms with Crippen LogP contribution in [-0.4, -0.2) is 24.9 Å². The van der Waals surface area contributed by atoms with E-state index in [0.29, 0.717) is 12.0 Å². The minimum atomic E-state index is 0. The van der Waals surface area contributed by atoms with Gasteiger partial charge in [0.1, 0.15) is 0 Å². The van der Waals surface area contributed by atoms with E-state index < -0.39 is 0 Å². The van der Waals surface area contributed by atoms with Crippen LogP contribution in [0, 0.1) is 11.3 Å². The van der Waals surface area contributed by atoms with Crippen molar-refractivity contribution in [3.05, 3.63) is 5.92 Å². The fourth-order valence-electron chi connectivity index (χ4n) is 0.997. The average Bonchev–Trinajstić information content (AvgIpc) is 2.01. The molecule has 0 aliphatic rings. The summed E-state index contributed by atoms with van der Waals surface area (Å²) < 4.78 is 5.38. The van der Waals surface area contributed by atoms with E-state index in [9.17, 15) is 0 Å². The Morgan fingerprint density at radius 2 is 1.86 bits per heavy atom. The average molecular weight is 276 g/mol. The van der Waals surface area contributed by atoms with E-state index in [-0.39, 0.29) is 39.3 Å². The van der Waals surface area contributed by atoms with E-state index in [1.54, 1.807) is 0 Å². The van der Waals surface area contributed by atoms with Crippen LogP contribution in [0.4, 0.5) is 0 Å². The molecule has 1 radical (unpaired) electrons. The van der Waals surface area contributed by atoms with Crippen molar-refractivity contribution in [1.82, 2.24) is 0 Å². The van der Waals surface area contributed by atoms with Crippen LogP contribution >= 0.6 is 0 Å². The van der Waals surface area contributed by atoms with Crippen LogP contribution in [0.2, 0.25) is 0 Å². The van der Waals surface area contributed by atoms with Gasteiger partial charge in [-0.05, 0) is 18.3 Å². The van der Waals surface area contributed by atoms with Gasteiger partial charge in [0.05, 0.1) is 0 Å². The maximum Gasteiger partial charge on any atom is 0.0430 e. The summed E-state index contributed by atoms with van der Waals surface area (Å²) in [6, 6.07) is 0. The molecular weight excluding hydrogens is 253 g/mol. The van der Waals surface area contributed by atoms with E-state index in [0.717, 1.165) is 18.9 Å². The molecule has 0 aliphatic heterocycles. The molecule has 0 amide bonds. The van der Waals surface area contributed by atoms with Gasteiger partial charge in [0, 0.05) is 39.3 Å². The molecule has 0 rings (SSSR count). The summed E-state index contributed by atoms with van der Waals surface area (Å²) in [7, 11) is 0. The van der Waals surface area contributed by atoms with Crippen molar-refractivity contribution >= 4 is 0 Å². The fraction of sp³-hybridized carbons (Fsp3) is 0.909. The molecular formula is C11H23O2Y-. The van der Waals surface area contributed by atoms with E-state index >= 15 is 0 Å². The zero-order chi connectivity index (χ0) is 10.3. The Balaban J connectivity index is 0. The molecule has 0 spiro atoms. The van der Waals surface area contributed by atoms with Crippen LogP contribution in [-0.2, 0) is 37.4 Å². The molecule has 0 aromatic carbocycles. The van der Waals surface area contributed by atoms with Crippen LogP contribution in [0.15, 0.2) is 0 Å². The first-order chi connectivity index (χ1) is 5.95. The molecule has 83 valence electrons. The molecule has 14 heavy (non-hydrogen) atoms. The molecule has 0 aliphatic carbocycles. The Labute approximate surface area is 114 Å². The third-order valence-corrected chi connectivity index (χ3v) is 1.83. The zero-order valence-electron chi connectivity index (χ0n) is 9.97. The number of aliphatic hydroxyl groups is 1. The largest absolute Gasteiger partial charge is 0.428 e. The predicted octanol–water partition coefficient (Wildman–Crippen LogP) is 2.41. The third-order valence-electron chi connectivity index (χ3n) is 1.83. The van der Waals surface area contributed by atoms with Gasteiger partial charge in [0.15, 0.2) is 0 Å². The molecule has 0 saturated carbocycles. The zero-order valence-corrected chi connectivity index (χ0v) is 12.8. The van der Waals surface area contributed by atoms with Crippen molar-refractivity contribution in [2.24, 2.45) is 5.41 Å². The summed E-state index contributed by atoms with van der Waals surface area (Å²) in [6.45, 7) is 10.1. The Morgan fingerprint density at radius 3 is 2.29 bits per heavy atom. The molecule has 0 bridgehead atoms. The molecule has 0 atom stereocenters. The van der Waals surface area contributed by atoms with Crippen molar-refractivity contribution in [2.75, 3.05) is 19.8 Å². The molecule has 0 fully saturated rings. The second kappa shape index (κ2) is 9.26. The Kier molecular flexibility index (Phi) is 11.5. The number of aliphatic hydroxyl groups excluding tert-OH is 1. The molecule has 0 saturated heterocycles. The van der Waals surface area contributed by atoms with E-state index in [1.165, 1.54) is 6.42 Å². The third kappa shape index (κ3) is 13.0. The maximum atomic E-state index is 8.70. The van der Waals surface area contributed by atoms with E-state index in [2.05, 4.69) is 20.8 Å². The van der Waals surface area contributed by atoms with Crippen LogP contribution < -0.4 is 0 Å². The van der Waals surface area contributed by atoms with Gasteiger partial charge >= 0.3 is 0 Å². The molecule has 0 aromatic rings. The molecule has 0 unspecified atom stereocenters. The topological polar surface area (TPSA) is 29.5 Å². The van der Waals surface area contributed by atoms with E-state index in [4.69, 9.17) is 9.84 Å². The SMILES string of the molecule is C[C-](CO)COCCCC(C)(C)C.[Y]. The first-order valence-corrected chi connectivity index (χ1v) is 4.95. The van der Waals surface area contributed by atoms with Gasteiger partial charge < -0.3 is 9.84 Å². The molecule has 1 N–H and O–H groups in total. The Bertz CT molecular complexity index is 121. The second-order valence-corrected chi connectivity index (χ2v) is 4.83. The number of ether oxygens (including phenoxy) is 1. The summed E-state index contributed by atoms with van der Waals surface area (Å²) >= 11 is 0. The Morgan fingerprint density at radius 1 is 1.29 bits per heavy atom. The molecule has 0 aromatic heterocycles. The smallest absolute Gasteiger partial charge is 0.0430 e. The van der Waals surface area contributed by atoms with Crippen LogP contribution in [0.3, 0.4) is 0 Å². The van der Waals surface area contributed by atoms with Crippen LogP contribution in [0.5, 0.6) is 0 Å². The Hall–Kier alpha value is 1.02. The monoisotopic (exact) mass is 276 g/mol. The van der Waals surface area contributed by atoms with Crippen molar-refractivity contribution in [1.29, 1.82) is 0 Å². The number of hydrogen-bond acceptors (Lipinski definition) is 2. The summed E-state index contributed by atoms with van der Waals surface area (Å²) in [6.07, 6.45) is 2.29. The van der Waals surface area contributed by atoms with Crippen molar-refractivity contribution in [3.63, 3.8) is 0 Å². The van der Waals surface area contributed by atoms with Gasteiger partial charge in [0.25, 0.3) is 0 Å². The maximum absolute atomic E-state index is 8.70. The normalized spacial score (nSPS) is 11.6. The molecule has 0 heterocycles. The summed E-state index contributed by atoms with van der Waals surface area (Å²) in [5, 5.41) is 8.70. The van der Waals surface area contributed by atoms with E-state index in [1.807, 2.05) is 6.92 Å². The minimum Gasteiger partial charge on any atom is -0.428 e. The van der Waals surface area contributed by atoms with Crippen LogP contribution in [0.1, 0.15) is 40.5 Å². The van der Waals surface area contributed by atoms with Crippen molar-refractivity contribution in [3.8, 4) is 0 Å². The number of rotatable bonds is 6. The summed E-state index contributed by atoms with van der Waals surface area (Å²) in [5.74, 6) is 0.996. The van der Waals surface area contributed by atoms with Gasteiger partial charge in [-0.1, -0.05) is 34.0 Å². The van der Waals surface area contributed by atoms with Gasteiger partial charge in [-0.15, -0.1) is 0 Å². The van der Waals surface area contributed by atoms with Gasteiger partial charge in [-0.3, -0.25) is 5.92 Å². The minimum absolute atomic E-state index is 0. The first kappa shape index (κ1) is 17.4. The summed E-state index contributed by atoms with van der Waals surface area (Å²) in [5.41, 5.74) is 0.402. The number of hydrogen-bond donors (Lipinski definition) is 1. The van der Waals surface area contributed by atoms with Crippen molar-refractivity contribution in [2.45, 2.75) is 40.5 Å².